The van der Waals surface area contributed by atoms with Gasteiger partial charge in [-0.2, -0.15) is 0 Å². The van der Waals surface area contributed by atoms with E-state index in [1.807, 2.05) is 6.07 Å². The molecule has 0 spiro atoms. The molecular formula is C26H31F2NO4. The minimum Gasteiger partial charge on any atom is -0.478 e. The van der Waals surface area contributed by atoms with E-state index in [0.29, 0.717) is 17.7 Å². The molecule has 1 saturated heterocycles. The molecule has 1 heterocycles. The fourth-order valence-electron chi connectivity index (χ4n) is 4.31. The molecule has 1 aliphatic rings. The molecule has 1 aliphatic heterocycles. The average Bonchev–Trinajstić information content (AvgIpc) is 3.19. The van der Waals surface area contributed by atoms with Crippen LogP contribution in [0.2, 0.25) is 0 Å². The molecule has 0 unspecified atom stereocenters. The van der Waals surface area contributed by atoms with Crippen molar-refractivity contribution in [3.63, 3.8) is 0 Å². The van der Waals surface area contributed by atoms with Crippen LogP contribution in [0.25, 0.3) is 6.08 Å². The number of aryl methyl sites for hydroxylation is 1. The van der Waals surface area contributed by atoms with Crippen LogP contribution in [0, 0.1) is 18.6 Å². The number of β-amino-alcohol motifs (C(OH)–C–C–N with tert-alkyl or cyclic N) is 1. The van der Waals surface area contributed by atoms with Gasteiger partial charge in [-0.3, -0.25) is 4.90 Å². The minimum absolute atomic E-state index is 0.0577. The van der Waals surface area contributed by atoms with Crippen LogP contribution in [0.1, 0.15) is 48.1 Å². The van der Waals surface area contributed by atoms with Gasteiger partial charge in [0.15, 0.2) is 0 Å². The van der Waals surface area contributed by atoms with E-state index in [1.165, 1.54) is 12.1 Å². The maximum absolute atomic E-state index is 14.2. The van der Waals surface area contributed by atoms with E-state index < -0.39 is 24.0 Å². The number of hydrogen-bond acceptors (Lipinski definition) is 4. The number of likely N-dealkylation sites (tertiary alicyclic amines) is 1. The SMILES string of the molecule is Cc1ccc(C[C@@H]2CCCN2C[C@@H](O)CO[C@H](C)c2cccc(F)c2/C=C/C(=O)O)cc1F. The maximum atomic E-state index is 14.2. The Morgan fingerprint density at radius 2 is 2.06 bits per heavy atom. The first kappa shape index (κ1) is 25.0. The van der Waals surface area contributed by atoms with E-state index in [9.17, 15) is 18.7 Å². The predicted molar refractivity (Wildman–Crippen MR) is 123 cm³/mol. The van der Waals surface area contributed by atoms with Gasteiger partial charge < -0.3 is 14.9 Å². The maximum Gasteiger partial charge on any atom is 0.328 e. The summed E-state index contributed by atoms with van der Waals surface area (Å²) in [7, 11) is 0. The molecule has 0 aliphatic carbocycles. The number of aliphatic hydroxyl groups is 1. The summed E-state index contributed by atoms with van der Waals surface area (Å²) in [6.45, 7) is 4.83. The van der Waals surface area contributed by atoms with E-state index >= 15 is 0 Å². The van der Waals surface area contributed by atoms with Gasteiger partial charge in [0.2, 0.25) is 0 Å². The van der Waals surface area contributed by atoms with Crippen LogP contribution in [-0.2, 0) is 16.0 Å². The first-order valence-electron chi connectivity index (χ1n) is 11.2. The lowest BCUT2D eigenvalue weighted by atomic mass is 10.0. The van der Waals surface area contributed by atoms with Crippen molar-refractivity contribution < 1.29 is 28.5 Å². The number of ether oxygens (including phenoxy) is 1. The smallest absolute Gasteiger partial charge is 0.328 e. The lowest BCUT2D eigenvalue weighted by Crippen LogP contribution is -2.39. The Balaban J connectivity index is 1.56. The number of carboxylic acids is 1. The largest absolute Gasteiger partial charge is 0.478 e. The molecule has 3 atom stereocenters. The Bertz CT molecular complexity index is 994. The van der Waals surface area contributed by atoms with Crippen LogP contribution in [0.15, 0.2) is 42.5 Å². The van der Waals surface area contributed by atoms with Gasteiger partial charge in [0, 0.05) is 24.2 Å². The average molecular weight is 460 g/mol. The number of halogens is 2. The summed E-state index contributed by atoms with van der Waals surface area (Å²) in [5, 5.41) is 19.4. The zero-order valence-corrected chi connectivity index (χ0v) is 19.0. The zero-order chi connectivity index (χ0) is 24.0. The van der Waals surface area contributed by atoms with Gasteiger partial charge in [0.05, 0.1) is 18.8 Å². The van der Waals surface area contributed by atoms with Gasteiger partial charge in [-0.1, -0.05) is 24.3 Å². The van der Waals surface area contributed by atoms with E-state index in [-0.39, 0.29) is 24.0 Å². The second-order valence-corrected chi connectivity index (χ2v) is 8.62. The number of aliphatic carboxylic acids is 1. The fourth-order valence-corrected chi connectivity index (χ4v) is 4.31. The van der Waals surface area contributed by atoms with Gasteiger partial charge in [-0.15, -0.1) is 0 Å². The number of hydrogen-bond donors (Lipinski definition) is 2. The molecule has 0 saturated carbocycles. The van der Waals surface area contributed by atoms with Crippen LogP contribution in [-0.4, -0.2) is 52.9 Å². The number of carboxylic acid groups (broad SMARTS) is 1. The van der Waals surface area contributed by atoms with E-state index in [1.54, 1.807) is 38.1 Å². The van der Waals surface area contributed by atoms with Gasteiger partial charge in [-0.05, 0) is 74.6 Å². The Morgan fingerprint density at radius 3 is 2.79 bits per heavy atom. The van der Waals surface area contributed by atoms with Crippen molar-refractivity contribution in [3.8, 4) is 0 Å². The third kappa shape index (κ3) is 6.93. The highest BCUT2D eigenvalue weighted by molar-refractivity contribution is 5.85. The van der Waals surface area contributed by atoms with E-state index in [2.05, 4.69) is 4.90 Å². The Hall–Kier alpha value is -2.61. The predicted octanol–water partition coefficient (Wildman–Crippen LogP) is 4.52. The molecule has 7 heteroatoms. The number of nitrogens with zero attached hydrogens (tertiary/aromatic N) is 1. The molecule has 0 aromatic heterocycles. The normalized spacial score (nSPS) is 18.6. The van der Waals surface area contributed by atoms with Gasteiger partial charge >= 0.3 is 5.97 Å². The van der Waals surface area contributed by atoms with Crippen LogP contribution in [0.5, 0.6) is 0 Å². The van der Waals surface area contributed by atoms with Crippen LogP contribution >= 0.6 is 0 Å². The molecule has 3 rings (SSSR count). The summed E-state index contributed by atoms with van der Waals surface area (Å²) in [6.07, 6.45) is 3.56. The monoisotopic (exact) mass is 459 g/mol. The van der Waals surface area contributed by atoms with Crippen molar-refractivity contribution in [1.29, 1.82) is 0 Å². The van der Waals surface area contributed by atoms with Crippen molar-refractivity contribution in [3.05, 3.63) is 76.4 Å². The Kier molecular flexibility index (Phi) is 8.72. The molecule has 0 radical (unpaired) electrons. The fraction of sp³-hybridized carbons (Fsp3) is 0.423. The number of aliphatic hydroxyl groups excluding tert-OH is 1. The minimum atomic E-state index is -1.17. The van der Waals surface area contributed by atoms with E-state index in [4.69, 9.17) is 9.84 Å². The molecule has 0 bridgehead atoms. The molecule has 33 heavy (non-hydrogen) atoms. The third-order valence-corrected chi connectivity index (χ3v) is 6.11. The molecule has 5 nitrogen and oxygen atoms in total. The van der Waals surface area contributed by atoms with Crippen molar-refractivity contribution in [2.75, 3.05) is 19.7 Å². The third-order valence-electron chi connectivity index (χ3n) is 6.11. The second kappa shape index (κ2) is 11.5. The molecule has 2 N–H and O–H groups in total. The summed E-state index contributed by atoms with van der Waals surface area (Å²) < 4.78 is 33.9. The highest BCUT2D eigenvalue weighted by Crippen LogP contribution is 2.26. The lowest BCUT2D eigenvalue weighted by Gasteiger charge is -2.27. The second-order valence-electron chi connectivity index (χ2n) is 8.62. The van der Waals surface area contributed by atoms with Crippen molar-refractivity contribution >= 4 is 12.0 Å². The molecule has 178 valence electrons. The quantitative estimate of drug-likeness (QED) is 0.512. The summed E-state index contributed by atoms with van der Waals surface area (Å²) in [6, 6.07) is 10.0. The van der Waals surface area contributed by atoms with Gasteiger partial charge in [0.25, 0.3) is 0 Å². The molecule has 1 fully saturated rings. The van der Waals surface area contributed by atoms with Crippen LogP contribution < -0.4 is 0 Å². The number of rotatable bonds is 10. The Labute approximate surface area is 193 Å². The number of benzene rings is 2. The topological polar surface area (TPSA) is 70.0 Å². The highest BCUT2D eigenvalue weighted by Gasteiger charge is 2.27. The summed E-state index contributed by atoms with van der Waals surface area (Å²) in [5.41, 5.74) is 2.25. The molecular weight excluding hydrogens is 428 g/mol. The first-order chi connectivity index (χ1) is 15.7. The zero-order valence-electron chi connectivity index (χ0n) is 19.0. The number of carbonyl (C=O) groups is 1. The Morgan fingerprint density at radius 1 is 1.27 bits per heavy atom. The van der Waals surface area contributed by atoms with E-state index in [0.717, 1.165) is 37.4 Å². The summed E-state index contributed by atoms with van der Waals surface area (Å²) in [5.74, 6) is -1.90. The highest BCUT2D eigenvalue weighted by atomic mass is 19.1. The molecule has 0 amide bonds. The van der Waals surface area contributed by atoms with Crippen LogP contribution in [0.4, 0.5) is 8.78 Å². The van der Waals surface area contributed by atoms with Crippen LogP contribution in [0.3, 0.4) is 0 Å². The van der Waals surface area contributed by atoms with Crippen molar-refractivity contribution in [2.45, 2.75) is 51.4 Å². The van der Waals surface area contributed by atoms with Crippen molar-refractivity contribution in [2.24, 2.45) is 0 Å². The summed E-state index contributed by atoms with van der Waals surface area (Å²) in [4.78, 5) is 13.0. The molecule has 2 aromatic carbocycles. The summed E-state index contributed by atoms with van der Waals surface area (Å²) >= 11 is 0. The standard InChI is InChI=1S/C26H31F2NO4/c1-17-8-9-19(14-25(17)28)13-20-5-4-12-29(20)15-21(30)16-33-18(2)22-6-3-7-24(27)23(22)10-11-26(31)32/h3,6-11,14,18,20-21,30H,4-5,12-13,15-16H2,1-2H3,(H,31,32)/b11-10+/t18-,20+,21-/m1/s1. The molecule has 2 aromatic rings. The first-order valence-corrected chi connectivity index (χ1v) is 11.2. The van der Waals surface area contributed by atoms with Gasteiger partial charge in [-0.25, -0.2) is 13.6 Å². The lowest BCUT2D eigenvalue weighted by molar-refractivity contribution is -0.131. The van der Waals surface area contributed by atoms with Gasteiger partial charge in [0.1, 0.15) is 11.6 Å². The van der Waals surface area contributed by atoms with Crippen molar-refractivity contribution in [1.82, 2.24) is 4.90 Å².